The van der Waals surface area contributed by atoms with Crippen LogP contribution in [0.1, 0.15) is 54.9 Å². The smallest absolute Gasteiger partial charge is 0.271 e. The fourth-order valence-corrected chi connectivity index (χ4v) is 2.63. The molecule has 0 saturated heterocycles. The number of carbonyl (C=O) groups is 2. The molecule has 0 aliphatic carbocycles. The first kappa shape index (κ1) is 21.9. The molecule has 154 valence electrons. The van der Waals surface area contributed by atoms with Gasteiger partial charge in [0.2, 0.25) is 5.91 Å². The average molecular weight is 397 g/mol. The minimum atomic E-state index is -0.402. The molecule has 0 fully saturated rings. The van der Waals surface area contributed by atoms with Crippen LogP contribution in [0.25, 0.3) is 0 Å². The molecule has 0 aliphatic heterocycles. The number of anilines is 1. The highest BCUT2D eigenvalue weighted by atomic mass is 16.5. The second-order valence-corrected chi connectivity index (χ2v) is 6.56. The van der Waals surface area contributed by atoms with Crippen LogP contribution in [0.5, 0.6) is 11.5 Å². The predicted molar refractivity (Wildman–Crippen MR) is 114 cm³/mol. The Morgan fingerprint density at radius 2 is 1.86 bits per heavy atom. The van der Waals surface area contributed by atoms with E-state index in [1.165, 1.54) is 19.4 Å². The zero-order chi connectivity index (χ0) is 21.1. The van der Waals surface area contributed by atoms with Gasteiger partial charge in [-0.25, -0.2) is 5.43 Å². The van der Waals surface area contributed by atoms with E-state index in [2.05, 4.69) is 22.8 Å². The number of carbonyl (C=O) groups excluding carboxylic acids is 2. The lowest BCUT2D eigenvalue weighted by molar-refractivity contribution is -0.116. The molecule has 0 saturated carbocycles. The van der Waals surface area contributed by atoms with E-state index in [1.54, 1.807) is 36.4 Å². The van der Waals surface area contributed by atoms with Crippen molar-refractivity contribution in [2.24, 2.45) is 5.10 Å². The monoisotopic (exact) mass is 397 g/mol. The highest BCUT2D eigenvalue weighted by molar-refractivity contribution is 5.96. The third kappa shape index (κ3) is 7.29. The molecule has 2 aromatic rings. The largest absolute Gasteiger partial charge is 0.507 e. The topological polar surface area (TPSA) is 100 Å². The van der Waals surface area contributed by atoms with Crippen LogP contribution in [0.2, 0.25) is 0 Å². The van der Waals surface area contributed by atoms with Gasteiger partial charge >= 0.3 is 0 Å². The molecule has 2 amide bonds. The summed E-state index contributed by atoms with van der Waals surface area (Å²) in [5.41, 5.74) is 3.87. The highest BCUT2D eigenvalue weighted by Gasteiger charge is 2.07. The van der Waals surface area contributed by atoms with Crippen molar-refractivity contribution in [2.75, 3.05) is 12.4 Å². The number of nitrogens with zero attached hydrogens (tertiary/aromatic N) is 1. The van der Waals surface area contributed by atoms with Crippen LogP contribution in [-0.4, -0.2) is 30.2 Å². The summed E-state index contributed by atoms with van der Waals surface area (Å²) in [6, 6.07) is 11.3. The van der Waals surface area contributed by atoms with Gasteiger partial charge in [-0.1, -0.05) is 26.2 Å². The minimum Gasteiger partial charge on any atom is -0.507 e. The Morgan fingerprint density at radius 1 is 1.10 bits per heavy atom. The van der Waals surface area contributed by atoms with Gasteiger partial charge in [-0.2, -0.15) is 5.10 Å². The lowest BCUT2D eigenvalue weighted by atomic mass is 10.1. The zero-order valence-electron chi connectivity index (χ0n) is 16.8. The van der Waals surface area contributed by atoms with Crippen LogP contribution in [-0.2, 0) is 4.79 Å². The minimum absolute atomic E-state index is 0.0265. The predicted octanol–water partition coefficient (Wildman–Crippen LogP) is 4.07. The maximum atomic E-state index is 12.2. The number of ether oxygens (including phenoxy) is 1. The number of benzene rings is 2. The SMILES string of the molecule is CCCCCCC(=O)Nc1ccc(C(=O)N/N=C\c2cc(OC)ccc2O)cc1. The number of hydrogen-bond acceptors (Lipinski definition) is 5. The Balaban J connectivity index is 1.86. The third-order valence-electron chi connectivity index (χ3n) is 4.29. The van der Waals surface area contributed by atoms with Gasteiger partial charge in [0.15, 0.2) is 0 Å². The Kier molecular flexibility index (Phi) is 8.69. The molecule has 0 atom stereocenters. The maximum Gasteiger partial charge on any atom is 0.271 e. The second-order valence-electron chi connectivity index (χ2n) is 6.56. The summed E-state index contributed by atoms with van der Waals surface area (Å²) in [5.74, 6) is 0.166. The van der Waals surface area contributed by atoms with E-state index in [4.69, 9.17) is 4.74 Å². The Hall–Kier alpha value is -3.35. The van der Waals surface area contributed by atoms with Gasteiger partial charge in [0, 0.05) is 23.2 Å². The molecular formula is C22H27N3O4. The van der Waals surface area contributed by atoms with E-state index >= 15 is 0 Å². The van der Waals surface area contributed by atoms with Crippen molar-refractivity contribution in [2.45, 2.75) is 39.0 Å². The summed E-state index contributed by atoms with van der Waals surface area (Å²) in [6.45, 7) is 2.13. The molecule has 7 nitrogen and oxygen atoms in total. The van der Waals surface area contributed by atoms with E-state index in [0.717, 1.165) is 25.7 Å². The van der Waals surface area contributed by atoms with Crippen LogP contribution >= 0.6 is 0 Å². The highest BCUT2D eigenvalue weighted by Crippen LogP contribution is 2.21. The van der Waals surface area contributed by atoms with E-state index in [-0.39, 0.29) is 11.7 Å². The quantitative estimate of drug-likeness (QED) is 0.320. The molecule has 7 heteroatoms. The van der Waals surface area contributed by atoms with Crippen LogP contribution in [0, 0.1) is 0 Å². The number of phenols is 1. The second kappa shape index (κ2) is 11.5. The summed E-state index contributed by atoms with van der Waals surface area (Å²) in [7, 11) is 1.52. The summed E-state index contributed by atoms with van der Waals surface area (Å²) >= 11 is 0. The fraction of sp³-hybridized carbons (Fsp3) is 0.318. The van der Waals surface area contributed by atoms with Crippen LogP contribution < -0.4 is 15.5 Å². The first-order chi connectivity index (χ1) is 14.0. The molecule has 0 spiro atoms. The van der Waals surface area contributed by atoms with Crippen molar-refractivity contribution in [3.05, 3.63) is 53.6 Å². The average Bonchev–Trinajstić information content (AvgIpc) is 2.73. The molecule has 0 heterocycles. The Bertz CT molecular complexity index is 848. The standard InChI is InChI=1S/C22H27N3O4/c1-3-4-5-6-7-21(27)24-18-10-8-16(9-11-18)22(28)25-23-15-17-14-19(29-2)12-13-20(17)26/h8-15,26H,3-7H2,1-2H3,(H,24,27)(H,25,28)/b23-15-. The molecule has 0 unspecified atom stereocenters. The van der Waals surface area contributed by atoms with Crippen molar-refractivity contribution < 1.29 is 19.4 Å². The van der Waals surface area contributed by atoms with E-state index < -0.39 is 5.91 Å². The van der Waals surface area contributed by atoms with Crippen molar-refractivity contribution in [1.82, 2.24) is 5.43 Å². The maximum absolute atomic E-state index is 12.2. The van der Waals surface area contributed by atoms with Crippen LogP contribution in [0.15, 0.2) is 47.6 Å². The van der Waals surface area contributed by atoms with E-state index in [1.807, 2.05) is 0 Å². The molecule has 0 radical (unpaired) electrons. The zero-order valence-corrected chi connectivity index (χ0v) is 16.8. The lowest BCUT2D eigenvalue weighted by Gasteiger charge is -2.06. The van der Waals surface area contributed by atoms with Gasteiger partial charge in [-0.15, -0.1) is 0 Å². The number of rotatable bonds is 10. The number of amides is 2. The van der Waals surface area contributed by atoms with E-state index in [0.29, 0.717) is 29.0 Å². The van der Waals surface area contributed by atoms with Gasteiger partial charge in [0.1, 0.15) is 11.5 Å². The summed E-state index contributed by atoms with van der Waals surface area (Å²) < 4.78 is 5.09. The summed E-state index contributed by atoms with van der Waals surface area (Å²) in [5, 5.41) is 16.5. The first-order valence-electron chi connectivity index (χ1n) is 9.63. The molecular weight excluding hydrogens is 370 g/mol. The van der Waals surface area contributed by atoms with Crippen molar-refractivity contribution >= 4 is 23.7 Å². The van der Waals surface area contributed by atoms with Gasteiger partial charge in [0.25, 0.3) is 5.91 Å². The summed E-state index contributed by atoms with van der Waals surface area (Å²) in [4.78, 5) is 24.1. The normalized spacial score (nSPS) is 10.7. The van der Waals surface area contributed by atoms with Gasteiger partial charge in [0.05, 0.1) is 13.3 Å². The number of unbranched alkanes of at least 4 members (excludes halogenated alkanes) is 3. The van der Waals surface area contributed by atoms with Gasteiger partial charge in [-0.3, -0.25) is 9.59 Å². The molecule has 0 aliphatic rings. The van der Waals surface area contributed by atoms with Crippen LogP contribution in [0.4, 0.5) is 5.69 Å². The molecule has 29 heavy (non-hydrogen) atoms. The number of methoxy groups -OCH3 is 1. The molecule has 0 bridgehead atoms. The molecule has 2 aromatic carbocycles. The Morgan fingerprint density at radius 3 is 2.55 bits per heavy atom. The fourth-order valence-electron chi connectivity index (χ4n) is 2.63. The van der Waals surface area contributed by atoms with Crippen molar-refractivity contribution in [3.8, 4) is 11.5 Å². The number of aromatic hydroxyl groups is 1. The van der Waals surface area contributed by atoms with E-state index in [9.17, 15) is 14.7 Å². The molecule has 2 rings (SSSR count). The first-order valence-corrected chi connectivity index (χ1v) is 9.63. The van der Waals surface area contributed by atoms with Crippen molar-refractivity contribution in [1.29, 1.82) is 0 Å². The van der Waals surface area contributed by atoms with Crippen molar-refractivity contribution in [3.63, 3.8) is 0 Å². The van der Waals surface area contributed by atoms with Gasteiger partial charge < -0.3 is 15.2 Å². The number of nitrogens with one attached hydrogen (secondary N) is 2. The molecule has 3 N–H and O–H groups in total. The summed E-state index contributed by atoms with van der Waals surface area (Å²) in [6.07, 6.45) is 6.03. The van der Waals surface area contributed by atoms with Crippen LogP contribution in [0.3, 0.4) is 0 Å². The third-order valence-corrected chi connectivity index (χ3v) is 4.29. The number of hydrogen-bond donors (Lipinski definition) is 3. The van der Waals surface area contributed by atoms with Gasteiger partial charge in [-0.05, 0) is 48.9 Å². The molecule has 0 aromatic heterocycles. The Labute approximate surface area is 170 Å². The number of phenolic OH excluding ortho intramolecular Hbond substituents is 1. The lowest BCUT2D eigenvalue weighted by Crippen LogP contribution is -2.17. The number of hydrazone groups is 1.